The van der Waals surface area contributed by atoms with Gasteiger partial charge in [0.1, 0.15) is 6.29 Å². The highest BCUT2D eigenvalue weighted by Gasteiger charge is 2.15. The number of nitrogens with one attached hydrogen (secondary N) is 1. The van der Waals surface area contributed by atoms with Gasteiger partial charge in [-0.3, -0.25) is 0 Å². The number of hydrogen-bond acceptors (Lipinski definition) is 5. The lowest BCUT2D eigenvalue weighted by molar-refractivity contribution is -0.106. The van der Waals surface area contributed by atoms with Gasteiger partial charge in [0, 0.05) is 30.8 Å². The first-order chi connectivity index (χ1) is 26.1. The van der Waals surface area contributed by atoms with Gasteiger partial charge in [-0.25, -0.2) is 9.97 Å². The first kappa shape index (κ1) is 33.3. The zero-order chi connectivity index (χ0) is 36.1. The molecule has 1 N–H and O–H groups in total. The normalized spacial score (nSPS) is 11.0. The molecule has 0 aliphatic heterocycles. The fourth-order valence-corrected chi connectivity index (χ4v) is 7.00. The summed E-state index contributed by atoms with van der Waals surface area (Å²) in [5.41, 5.74) is 13.6. The van der Waals surface area contributed by atoms with Crippen molar-refractivity contribution in [3.63, 3.8) is 0 Å². The summed E-state index contributed by atoms with van der Waals surface area (Å²) in [6.45, 7) is 0.332. The van der Waals surface area contributed by atoms with Crippen molar-refractivity contribution >= 4 is 28.4 Å². The Balaban J connectivity index is 1.16. The van der Waals surface area contributed by atoms with Crippen molar-refractivity contribution in [2.24, 2.45) is 0 Å². The number of aldehydes is 1. The lowest BCUT2D eigenvalue weighted by Gasteiger charge is -2.20. The second-order valence-electron chi connectivity index (χ2n) is 13.1. The number of benzene rings is 7. The van der Waals surface area contributed by atoms with Crippen LogP contribution in [-0.4, -0.2) is 36.9 Å². The summed E-state index contributed by atoms with van der Waals surface area (Å²) in [7, 11) is 3.82. The minimum absolute atomic E-state index is 0.332. The highest BCUT2D eigenvalue weighted by molar-refractivity contribution is 6.04. The van der Waals surface area contributed by atoms with E-state index in [0.717, 1.165) is 62.4 Å². The van der Waals surface area contributed by atoms with Crippen molar-refractivity contribution in [3.05, 3.63) is 170 Å². The average molecular weight is 687 g/mol. The van der Waals surface area contributed by atoms with Gasteiger partial charge in [0.05, 0.1) is 29.3 Å². The molecule has 0 saturated carbocycles. The maximum atomic E-state index is 11.1. The summed E-state index contributed by atoms with van der Waals surface area (Å²) in [6.07, 6.45) is 0.913. The first-order valence-electron chi connectivity index (χ1n) is 17.8. The van der Waals surface area contributed by atoms with E-state index in [1.807, 2.05) is 37.2 Å². The molecule has 1 aromatic heterocycles. The van der Waals surface area contributed by atoms with Crippen molar-refractivity contribution in [3.8, 4) is 67.3 Å². The Morgan fingerprint density at radius 2 is 1.11 bits per heavy atom. The Kier molecular flexibility index (Phi) is 9.29. The smallest absolute Gasteiger partial charge is 0.160 e. The Hall–Kier alpha value is -6.85. The predicted octanol–water partition coefficient (Wildman–Crippen LogP) is 11.3. The molecule has 53 heavy (non-hydrogen) atoms. The molecule has 0 bridgehead atoms. The van der Waals surface area contributed by atoms with Gasteiger partial charge in [-0.2, -0.15) is 0 Å². The van der Waals surface area contributed by atoms with Crippen LogP contribution in [0.15, 0.2) is 170 Å². The second kappa shape index (κ2) is 14.8. The third-order valence-corrected chi connectivity index (χ3v) is 9.78. The Morgan fingerprint density at radius 1 is 0.547 bits per heavy atom. The largest absolute Gasteiger partial charge is 0.386 e. The summed E-state index contributed by atoms with van der Waals surface area (Å²) in [5.74, 6) is 0.681. The minimum Gasteiger partial charge on any atom is -0.386 e. The van der Waals surface area contributed by atoms with Crippen LogP contribution in [0.4, 0.5) is 11.4 Å². The van der Waals surface area contributed by atoms with Crippen LogP contribution in [0.5, 0.6) is 0 Å². The number of anilines is 2. The molecule has 0 amide bonds. The Labute approximate surface area is 310 Å². The molecule has 0 unspecified atom stereocenters. The van der Waals surface area contributed by atoms with Crippen molar-refractivity contribution in [2.45, 2.75) is 0 Å². The maximum Gasteiger partial charge on any atom is 0.160 e. The number of aromatic nitrogens is 2. The van der Waals surface area contributed by atoms with Crippen LogP contribution in [0, 0.1) is 0 Å². The van der Waals surface area contributed by atoms with Gasteiger partial charge in [-0.15, -0.1) is 0 Å². The van der Waals surface area contributed by atoms with E-state index in [2.05, 4.69) is 157 Å². The monoisotopic (exact) mass is 686 g/mol. The maximum absolute atomic E-state index is 11.1. The van der Waals surface area contributed by atoms with Crippen LogP contribution in [-0.2, 0) is 4.79 Å². The standard InChI is InChI=1S/C48H38N4O/c1-49-45-31-40(26-28-46(45)52(2)29-30-53)33-17-21-36(22-18-33)43-32-44(51-48(50-43)39-14-7-4-8-15-39)37-23-19-35(20-24-37)42-27-25-34-11-9-10-16-41(34)47(42)38-12-5-3-6-13-38/h3-28,30-32,49H,29H2,1-2H3. The van der Waals surface area contributed by atoms with E-state index >= 15 is 0 Å². The summed E-state index contributed by atoms with van der Waals surface area (Å²) in [5, 5.41) is 5.74. The number of hydrogen-bond donors (Lipinski definition) is 1. The summed E-state index contributed by atoms with van der Waals surface area (Å²) < 4.78 is 0. The van der Waals surface area contributed by atoms with Gasteiger partial charge >= 0.3 is 0 Å². The topological polar surface area (TPSA) is 58.1 Å². The Bertz CT molecular complexity index is 2530. The van der Waals surface area contributed by atoms with Gasteiger partial charge in [-0.05, 0) is 62.4 Å². The number of fused-ring (bicyclic) bond motifs is 1. The van der Waals surface area contributed by atoms with E-state index < -0.39 is 0 Å². The van der Waals surface area contributed by atoms with Crippen LogP contribution in [0.25, 0.3) is 78.1 Å². The molecule has 0 saturated heterocycles. The summed E-state index contributed by atoms with van der Waals surface area (Å²) in [4.78, 5) is 23.2. The van der Waals surface area contributed by atoms with E-state index in [0.29, 0.717) is 12.4 Å². The lowest BCUT2D eigenvalue weighted by Crippen LogP contribution is -2.20. The van der Waals surface area contributed by atoms with Crippen LogP contribution < -0.4 is 10.2 Å². The number of likely N-dealkylation sites (N-methyl/N-ethyl adjacent to an activating group) is 1. The van der Waals surface area contributed by atoms with Crippen molar-refractivity contribution in [1.29, 1.82) is 0 Å². The third kappa shape index (κ3) is 6.80. The molecule has 8 rings (SSSR count). The van der Waals surface area contributed by atoms with Crippen molar-refractivity contribution in [1.82, 2.24) is 9.97 Å². The minimum atomic E-state index is 0.332. The molecule has 8 aromatic rings. The quantitative estimate of drug-likeness (QED) is 0.145. The number of carbonyl (C=O) groups is 1. The summed E-state index contributed by atoms with van der Waals surface area (Å²) in [6, 6.07) is 59.4. The van der Waals surface area contributed by atoms with Gasteiger partial charge in [0.15, 0.2) is 5.82 Å². The molecule has 256 valence electrons. The van der Waals surface area contributed by atoms with Gasteiger partial charge in [-0.1, -0.05) is 152 Å². The number of carbonyl (C=O) groups excluding carboxylic acids is 1. The zero-order valence-corrected chi connectivity index (χ0v) is 29.7. The molecule has 0 spiro atoms. The molecule has 5 nitrogen and oxygen atoms in total. The molecule has 0 atom stereocenters. The average Bonchev–Trinajstić information content (AvgIpc) is 3.23. The second-order valence-corrected chi connectivity index (χ2v) is 13.1. The third-order valence-electron chi connectivity index (χ3n) is 9.78. The molecule has 0 fully saturated rings. The van der Waals surface area contributed by atoms with Gasteiger partial charge in [0.25, 0.3) is 0 Å². The van der Waals surface area contributed by atoms with E-state index in [1.54, 1.807) is 0 Å². The molecular weight excluding hydrogens is 649 g/mol. The predicted molar refractivity (Wildman–Crippen MR) is 221 cm³/mol. The molecule has 7 aromatic carbocycles. The van der Waals surface area contributed by atoms with Crippen LogP contribution in [0.3, 0.4) is 0 Å². The number of rotatable bonds is 10. The number of nitrogens with zero attached hydrogens (tertiary/aromatic N) is 3. The van der Waals surface area contributed by atoms with Crippen molar-refractivity contribution in [2.75, 3.05) is 30.9 Å². The lowest BCUT2D eigenvalue weighted by atomic mass is 9.89. The molecule has 5 heteroatoms. The van der Waals surface area contributed by atoms with E-state index in [1.165, 1.54) is 27.5 Å². The molecule has 0 radical (unpaired) electrons. The SMILES string of the molecule is CNc1cc(-c2ccc(-c3cc(-c4ccc(-c5ccc6ccccc6c5-c5ccccc5)cc4)nc(-c4ccccc4)n3)cc2)ccc1N(C)CC=O. The highest BCUT2D eigenvalue weighted by Crippen LogP contribution is 2.39. The zero-order valence-electron chi connectivity index (χ0n) is 29.7. The fourth-order valence-electron chi connectivity index (χ4n) is 7.00. The van der Waals surface area contributed by atoms with Crippen LogP contribution in [0.2, 0.25) is 0 Å². The van der Waals surface area contributed by atoms with Gasteiger partial charge < -0.3 is 15.0 Å². The van der Waals surface area contributed by atoms with Crippen LogP contribution >= 0.6 is 0 Å². The molecule has 1 heterocycles. The molecule has 0 aliphatic rings. The van der Waals surface area contributed by atoms with E-state index in [-0.39, 0.29) is 0 Å². The summed E-state index contributed by atoms with van der Waals surface area (Å²) >= 11 is 0. The van der Waals surface area contributed by atoms with Crippen LogP contribution in [0.1, 0.15) is 0 Å². The molecular formula is C48H38N4O. The fraction of sp³-hybridized carbons (Fsp3) is 0.0625. The van der Waals surface area contributed by atoms with E-state index in [4.69, 9.17) is 9.97 Å². The molecule has 0 aliphatic carbocycles. The van der Waals surface area contributed by atoms with Gasteiger partial charge in [0.2, 0.25) is 0 Å². The Morgan fingerprint density at radius 3 is 1.75 bits per heavy atom. The van der Waals surface area contributed by atoms with Crippen molar-refractivity contribution < 1.29 is 4.79 Å². The van der Waals surface area contributed by atoms with E-state index in [9.17, 15) is 4.79 Å². The highest BCUT2D eigenvalue weighted by atomic mass is 16.1. The first-order valence-corrected chi connectivity index (χ1v) is 17.8.